The predicted molar refractivity (Wildman–Crippen MR) is 71.4 cm³/mol. The summed E-state index contributed by atoms with van der Waals surface area (Å²) in [6.45, 7) is 0.426. The third-order valence-corrected chi connectivity index (χ3v) is 3.12. The Labute approximate surface area is 113 Å². The van der Waals surface area contributed by atoms with Crippen molar-refractivity contribution in [3.8, 4) is 0 Å². The molecule has 6 nitrogen and oxygen atoms in total. The van der Waals surface area contributed by atoms with Gasteiger partial charge in [0.2, 0.25) is 0 Å². The number of aromatic nitrogens is 1. The summed E-state index contributed by atoms with van der Waals surface area (Å²) in [5, 5.41) is 15.9. The van der Waals surface area contributed by atoms with Crippen LogP contribution in [0, 0.1) is 0 Å². The predicted octanol–water partition coefficient (Wildman–Crippen LogP) is 2.16. The van der Waals surface area contributed by atoms with Gasteiger partial charge in [0.1, 0.15) is 0 Å². The number of thiophene rings is 1. The van der Waals surface area contributed by atoms with E-state index in [1.54, 1.807) is 11.3 Å². The first-order valence-electron chi connectivity index (χ1n) is 5.41. The van der Waals surface area contributed by atoms with Crippen LogP contribution in [-0.2, 0) is 6.54 Å². The Kier molecular flexibility index (Phi) is 4.09. The molecule has 2 amide bonds. The van der Waals surface area contributed by atoms with E-state index in [9.17, 15) is 9.59 Å². The Balaban J connectivity index is 1.91. The van der Waals surface area contributed by atoms with Crippen molar-refractivity contribution in [2.75, 3.05) is 5.32 Å². The number of aromatic carboxylic acids is 1. The van der Waals surface area contributed by atoms with Gasteiger partial charge in [-0.15, -0.1) is 11.3 Å². The number of carboxylic acids is 1. The van der Waals surface area contributed by atoms with E-state index < -0.39 is 12.0 Å². The smallest absolute Gasteiger partial charge is 0.337 e. The highest BCUT2D eigenvalue weighted by Gasteiger charge is 2.06. The summed E-state index contributed by atoms with van der Waals surface area (Å²) in [6, 6.07) is 4.76. The lowest BCUT2D eigenvalue weighted by Gasteiger charge is -2.06. The minimum atomic E-state index is -1.09. The molecule has 0 aliphatic carbocycles. The zero-order chi connectivity index (χ0) is 13.7. The molecule has 19 heavy (non-hydrogen) atoms. The van der Waals surface area contributed by atoms with Gasteiger partial charge in [-0.05, 0) is 17.5 Å². The van der Waals surface area contributed by atoms with Gasteiger partial charge in [-0.1, -0.05) is 6.07 Å². The summed E-state index contributed by atoms with van der Waals surface area (Å²) in [7, 11) is 0. The molecule has 2 aromatic rings. The first-order valence-corrected chi connectivity index (χ1v) is 6.28. The zero-order valence-corrected chi connectivity index (χ0v) is 10.6. The van der Waals surface area contributed by atoms with Crippen molar-refractivity contribution >= 4 is 29.0 Å². The molecule has 0 aliphatic rings. The quantitative estimate of drug-likeness (QED) is 0.798. The van der Waals surface area contributed by atoms with E-state index >= 15 is 0 Å². The summed E-state index contributed by atoms with van der Waals surface area (Å²) in [5.41, 5.74) is 0.361. The first kappa shape index (κ1) is 13.0. The third-order valence-electron chi connectivity index (χ3n) is 2.25. The molecule has 0 saturated carbocycles. The number of hydrogen-bond acceptors (Lipinski definition) is 4. The molecule has 0 atom stereocenters. The highest BCUT2D eigenvalue weighted by molar-refractivity contribution is 7.09. The average molecular weight is 277 g/mol. The van der Waals surface area contributed by atoms with Gasteiger partial charge in [-0.25, -0.2) is 9.59 Å². The molecule has 2 heterocycles. The van der Waals surface area contributed by atoms with Gasteiger partial charge in [0.25, 0.3) is 0 Å². The van der Waals surface area contributed by atoms with E-state index in [4.69, 9.17) is 5.11 Å². The van der Waals surface area contributed by atoms with Gasteiger partial charge in [0, 0.05) is 11.1 Å². The fraction of sp³-hybridized carbons (Fsp3) is 0.0833. The second kappa shape index (κ2) is 5.96. The van der Waals surface area contributed by atoms with Crippen LogP contribution in [0.4, 0.5) is 10.5 Å². The minimum Gasteiger partial charge on any atom is -0.478 e. The van der Waals surface area contributed by atoms with Crippen LogP contribution in [0.1, 0.15) is 15.2 Å². The van der Waals surface area contributed by atoms with Crippen LogP contribution in [0.3, 0.4) is 0 Å². The SMILES string of the molecule is O=C(NCc1cccs1)Nc1cncc(C(=O)O)c1. The van der Waals surface area contributed by atoms with Crippen molar-refractivity contribution < 1.29 is 14.7 Å². The highest BCUT2D eigenvalue weighted by Crippen LogP contribution is 2.09. The number of anilines is 1. The van der Waals surface area contributed by atoms with Gasteiger partial charge in [-0.3, -0.25) is 4.98 Å². The average Bonchev–Trinajstić information content (AvgIpc) is 2.90. The normalized spacial score (nSPS) is 9.89. The molecule has 0 aromatic carbocycles. The van der Waals surface area contributed by atoms with Crippen LogP contribution >= 0.6 is 11.3 Å². The molecular weight excluding hydrogens is 266 g/mol. The third kappa shape index (κ3) is 3.78. The topological polar surface area (TPSA) is 91.3 Å². The van der Waals surface area contributed by atoms with Crippen molar-refractivity contribution in [1.29, 1.82) is 0 Å². The maximum atomic E-state index is 11.6. The highest BCUT2D eigenvalue weighted by atomic mass is 32.1. The second-order valence-electron chi connectivity index (χ2n) is 3.65. The van der Waals surface area contributed by atoms with Gasteiger partial charge in [0.05, 0.1) is 24.0 Å². The van der Waals surface area contributed by atoms with Crippen LogP contribution in [0.2, 0.25) is 0 Å². The van der Waals surface area contributed by atoms with Gasteiger partial charge in [0.15, 0.2) is 0 Å². The Hall–Kier alpha value is -2.41. The molecule has 7 heteroatoms. The van der Waals surface area contributed by atoms with Crippen LogP contribution in [0.25, 0.3) is 0 Å². The number of carbonyl (C=O) groups is 2. The van der Waals surface area contributed by atoms with E-state index in [1.165, 1.54) is 18.5 Å². The lowest BCUT2D eigenvalue weighted by atomic mass is 10.3. The first-order chi connectivity index (χ1) is 9.15. The van der Waals surface area contributed by atoms with Crippen molar-refractivity contribution in [2.45, 2.75) is 6.54 Å². The lowest BCUT2D eigenvalue weighted by molar-refractivity contribution is 0.0696. The standard InChI is InChI=1S/C12H11N3O3S/c16-11(17)8-4-9(6-13-5-8)15-12(18)14-7-10-2-1-3-19-10/h1-6H,7H2,(H,16,17)(H2,14,15,18). The minimum absolute atomic E-state index is 0.0241. The number of amides is 2. The van der Waals surface area contributed by atoms with E-state index in [-0.39, 0.29) is 5.56 Å². The molecule has 2 rings (SSSR count). The fourth-order valence-electron chi connectivity index (χ4n) is 1.38. The van der Waals surface area contributed by atoms with E-state index in [0.717, 1.165) is 4.88 Å². The Morgan fingerprint density at radius 2 is 2.21 bits per heavy atom. The molecule has 3 N–H and O–H groups in total. The van der Waals surface area contributed by atoms with Crippen molar-refractivity contribution in [2.24, 2.45) is 0 Å². The number of nitrogens with zero attached hydrogens (tertiary/aromatic N) is 1. The van der Waals surface area contributed by atoms with Crippen LogP contribution in [0.15, 0.2) is 36.0 Å². The Morgan fingerprint density at radius 3 is 2.89 bits per heavy atom. The second-order valence-corrected chi connectivity index (χ2v) is 4.69. The van der Waals surface area contributed by atoms with E-state index in [2.05, 4.69) is 15.6 Å². The molecule has 98 valence electrons. The molecule has 0 saturated heterocycles. The molecule has 0 spiro atoms. The van der Waals surface area contributed by atoms with E-state index in [1.807, 2.05) is 17.5 Å². The Bertz CT molecular complexity index is 584. The number of carboxylic acid groups (broad SMARTS) is 1. The number of pyridine rings is 1. The number of nitrogens with one attached hydrogen (secondary N) is 2. The molecule has 0 bridgehead atoms. The van der Waals surface area contributed by atoms with Gasteiger partial charge >= 0.3 is 12.0 Å². The molecule has 0 fully saturated rings. The monoisotopic (exact) mass is 277 g/mol. The fourth-order valence-corrected chi connectivity index (χ4v) is 2.03. The molecule has 2 aromatic heterocycles. The van der Waals surface area contributed by atoms with Gasteiger partial charge < -0.3 is 15.7 Å². The maximum Gasteiger partial charge on any atom is 0.337 e. The lowest BCUT2D eigenvalue weighted by Crippen LogP contribution is -2.28. The van der Waals surface area contributed by atoms with Crippen molar-refractivity contribution in [1.82, 2.24) is 10.3 Å². The number of rotatable bonds is 4. The van der Waals surface area contributed by atoms with Crippen LogP contribution < -0.4 is 10.6 Å². The molecule has 0 aliphatic heterocycles. The van der Waals surface area contributed by atoms with E-state index in [0.29, 0.717) is 12.2 Å². The summed E-state index contributed by atoms with van der Waals surface area (Å²) in [6.07, 6.45) is 2.61. The maximum absolute atomic E-state index is 11.6. The summed E-state index contributed by atoms with van der Waals surface area (Å²) in [4.78, 5) is 27.1. The number of carbonyl (C=O) groups excluding carboxylic acids is 1. The number of urea groups is 1. The number of hydrogen-bond donors (Lipinski definition) is 3. The van der Waals surface area contributed by atoms with Crippen LogP contribution in [-0.4, -0.2) is 22.1 Å². The van der Waals surface area contributed by atoms with Crippen molar-refractivity contribution in [3.05, 3.63) is 46.4 Å². The molecule has 0 unspecified atom stereocenters. The summed E-state index contributed by atoms with van der Waals surface area (Å²) in [5.74, 6) is -1.09. The largest absolute Gasteiger partial charge is 0.478 e. The molecule has 0 radical (unpaired) electrons. The summed E-state index contributed by atoms with van der Waals surface area (Å²) < 4.78 is 0. The molecular formula is C12H11N3O3S. The summed E-state index contributed by atoms with van der Waals surface area (Å²) >= 11 is 1.55. The van der Waals surface area contributed by atoms with Crippen LogP contribution in [0.5, 0.6) is 0 Å². The van der Waals surface area contributed by atoms with Crippen molar-refractivity contribution in [3.63, 3.8) is 0 Å². The van der Waals surface area contributed by atoms with Gasteiger partial charge in [-0.2, -0.15) is 0 Å². The zero-order valence-electron chi connectivity index (χ0n) is 9.79. The Morgan fingerprint density at radius 1 is 1.37 bits per heavy atom.